The molecule has 0 bridgehead atoms. The zero-order valence-electron chi connectivity index (χ0n) is 13.1. The van der Waals surface area contributed by atoms with Crippen LogP contribution >= 0.6 is 0 Å². The molecule has 4 aromatic rings. The third-order valence-corrected chi connectivity index (χ3v) is 5.11. The first-order valence-corrected chi connectivity index (χ1v) is 8.21. The van der Waals surface area contributed by atoms with Crippen molar-refractivity contribution < 1.29 is 0 Å². The zero-order chi connectivity index (χ0) is 15.4. The van der Waals surface area contributed by atoms with Crippen LogP contribution in [0.5, 0.6) is 0 Å². The van der Waals surface area contributed by atoms with Crippen LogP contribution in [-0.2, 0) is 12.8 Å². The molecule has 0 unspecified atom stereocenters. The molecule has 1 heteroatoms. The van der Waals surface area contributed by atoms with E-state index in [1.165, 1.54) is 44.0 Å². The first-order chi connectivity index (χ1) is 11.3. The summed E-state index contributed by atoms with van der Waals surface area (Å²) in [7, 11) is 0. The molecular weight excluding hydrogens is 278 g/mol. The molecule has 3 aromatic carbocycles. The van der Waals surface area contributed by atoms with Crippen molar-refractivity contribution >= 4 is 21.7 Å². The van der Waals surface area contributed by atoms with Gasteiger partial charge in [-0.15, -0.1) is 0 Å². The summed E-state index contributed by atoms with van der Waals surface area (Å²) in [5.74, 6) is 0. The molecule has 5 rings (SSSR count). The smallest absolute Gasteiger partial charge is 0.0711 e. The normalized spacial score (nSPS) is 13.1. The Morgan fingerprint density at radius 3 is 2.61 bits per heavy atom. The Morgan fingerprint density at radius 2 is 1.65 bits per heavy atom. The molecule has 0 atom stereocenters. The van der Waals surface area contributed by atoms with E-state index in [2.05, 4.69) is 67.7 Å². The quantitative estimate of drug-likeness (QED) is 0.419. The highest BCUT2D eigenvalue weighted by Crippen LogP contribution is 2.42. The van der Waals surface area contributed by atoms with Crippen molar-refractivity contribution in [2.75, 3.05) is 0 Å². The van der Waals surface area contributed by atoms with Crippen LogP contribution < -0.4 is 0 Å². The summed E-state index contributed by atoms with van der Waals surface area (Å²) in [6.45, 7) is 2.20. The van der Waals surface area contributed by atoms with Crippen molar-refractivity contribution in [3.8, 4) is 11.1 Å². The molecule has 1 aliphatic rings. The topological polar surface area (TPSA) is 12.9 Å². The maximum atomic E-state index is 4.71. The lowest BCUT2D eigenvalue weighted by Crippen LogP contribution is -2.06. The van der Waals surface area contributed by atoms with Crippen LogP contribution in [0.15, 0.2) is 60.8 Å². The zero-order valence-corrected chi connectivity index (χ0v) is 13.1. The molecule has 0 fully saturated rings. The molecule has 110 valence electrons. The van der Waals surface area contributed by atoms with Crippen molar-refractivity contribution in [1.82, 2.24) is 4.98 Å². The molecule has 23 heavy (non-hydrogen) atoms. The van der Waals surface area contributed by atoms with Gasteiger partial charge in [-0.25, -0.2) is 0 Å². The summed E-state index contributed by atoms with van der Waals surface area (Å²) < 4.78 is 0. The number of pyridine rings is 1. The van der Waals surface area contributed by atoms with E-state index in [0.29, 0.717) is 0 Å². The molecular formula is C22H17N. The molecule has 1 aliphatic carbocycles. The fraction of sp³-hybridized carbons (Fsp3) is 0.136. The van der Waals surface area contributed by atoms with Gasteiger partial charge in [-0.2, -0.15) is 0 Å². The first kappa shape index (κ1) is 12.8. The van der Waals surface area contributed by atoms with Crippen LogP contribution in [0.2, 0.25) is 0 Å². The second-order valence-electron chi connectivity index (χ2n) is 6.45. The molecule has 1 nitrogen and oxygen atoms in total. The Labute approximate surface area is 135 Å². The Bertz CT molecular complexity index is 1080. The molecule has 1 aromatic heterocycles. The molecule has 0 radical (unpaired) electrons. The van der Waals surface area contributed by atoms with Gasteiger partial charge in [0.15, 0.2) is 0 Å². The number of rotatable bonds is 0. The number of aryl methyl sites for hydroxylation is 3. The minimum absolute atomic E-state index is 1.08. The SMILES string of the molecule is Cc1cccc2ncc3c(c12)-c1c(ccc2ccccc12)CC3. The van der Waals surface area contributed by atoms with Crippen molar-refractivity contribution in [2.45, 2.75) is 19.8 Å². The number of aromatic nitrogens is 1. The van der Waals surface area contributed by atoms with E-state index in [1.54, 1.807) is 0 Å². The number of benzene rings is 3. The fourth-order valence-corrected chi connectivity index (χ4v) is 4.02. The molecule has 0 amide bonds. The molecule has 0 N–H and O–H groups in total. The minimum Gasteiger partial charge on any atom is -0.256 e. The van der Waals surface area contributed by atoms with E-state index in [4.69, 9.17) is 4.98 Å². The van der Waals surface area contributed by atoms with Crippen molar-refractivity contribution in [3.63, 3.8) is 0 Å². The lowest BCUT2D eigenvalue weighted by Gasteiger charge is -2.24. The summed E-state index contributed by atoms with van der Waals surface area (Å²) in [6.07, 6.45) is 4.27. The van der Waals surface area contributed by atoms with Gasteiger partial charge in [-0.1, -0.05) is 48.5 Å². The van der Waals surface area contributed by atoms with Crippen LogP contribution in [0.3, 0.4) is 0 Å². The number of fused-ring (bicyclic) bond motifs is 7. The number of hydrogen-bond acceptors (Lipinski definition) is 1. The average molecular weight is 295 g/mol. The van der Waals surface area contributed by atoms with E-state index in [-0.39, 0.29) is 0 Å². The van der Waals surface area contributed by atoms with E-state index < -0.39 is 0 Å². The van der Waals surface area contributed by atoms with Gasteiger partial charge in [0, 0.05) is 11.6 Å². The van der Waals surface area contributed by atoms with Gasteiger partial charge < -0.3 is 0 Å². The summed E-state index contributed by atoms with van der Waals surface area (Å²) in [5.41, 5.74) is 8.09. The van der Waals surface area contributed by atoms with E-state index in [0.717, 1.165) is 18.4 Å². The van der Waals surface area contributed by atoms with E-state index >= 15 is 0 Å². The summed E-state index contributed by atoms with van der Waals surface area (Å²) in [5, 5.41) is 4.00. The van der Waals surface area contributed by atoms with Crippen LogP contribution in [0.25, 0.3) is 32.8 Å². The average Bonchev–Trinajstić information content (AvgIpc) is 2.61. The molecule has 0 saturated heterocycles. The van der Waals surface area contributed by atoms with Gasteiger partial charge in [0.25, 0.3) is 0 Å². The largest absolute Gasteiger partial charge is 0.256 e. The summed E-state index contributed by atoms with van der Waals surface area (Å²) in [6, 6.07) is 19.7. The molecule has 0 aliphatic heterocycles. The third-order valence-electron chi connectivity index (χ3n) is 5.11. The second-order valence-corrected chi connectivity index (χ2v) is 6.45. The lowest BCUT2D eigenvalue weighted by molar-refractivity contribution is 0.940. The maximum absolute atomic E-state index is 4.71. The monoisotopic (exact) mass is 295 g/mol. The summed E-state index contributed by atoms with van der Waals surface area (Å²) in [4.78, 5) is 4.71. The minimum atomic E-state index is 1.08. The highest BCUT2D eigenvalue weighted by atomic mass is 14.7. The number of nitrogens with zero attached hydrogens (tertiary/aromatic N) is 1. The second kappa shape index (κ2) is 4.66. The van der Waals surface area contributed by atoms with Crippen molar-refractivity contribution in [3.05, 3.63) is 77.5 Å². The Kier molecular flexibility index (Phi) is 2.60. The van der Waals surface area contributed by atoms with Crippen LogP contribution in [0.4, 0.5) is 0 Å². The molecule has 0 saturated carbocycles. The van der Waals surface area contributed by atoms with E-state index in [9.17, 15) is 0 Å². The van der Waals surface area contributed by atoms with Gasteiger partial charge in [0.1, 0.15) is 0 Å². The van der Waals surface area contributed by atoms with E-state index in [1.807, 2.05) is 0 Å². The van der Waals surface area contributed by atoms with Crippen molar-refractivity contribution in [1.29, 1.82) is 0 Å². The van der Waals surface area contributed by atoms with Gasteiger partial charge in [0.2, 0.25) is 0 Å². The standard InChI is InChI=1S/C22H17N/c1-14-5-4-8-19-20(14)22-17(13-23-19)12-11-16-10-9-15-6-2-3-7-18(15)21(16)22/h2-10,13H,11-12H2,1H3. The predicted octanol–water partition coefficient (Wildman–Crippen LogP) is 5.46. The Balaban J connectivity index is 2.02. The number of hydrogen-bond donors (Lipinski definition) is 0. The fourth-order valence-electron chi connectivity index (χ4n) is 4.02. The Hall–Kier alpha value is -2.67. The van der Waals surface area contributed by atoms with Crippen LogP contribution in [-0.4, -0.2) is 4.98 Å². The summed E-state index contributed by atoms with van der Waals surface area (Å²) >= 11 is 0. The van der Waals surface area contributed by atoms with Gasteiger partial charge in [-0.3, -0.25) is 4.98 Å². The highest BCUT2D eigenvalue weighted by molar-refractivity contribution is 6.08. The predicted molar refractivity (Wildman–Crippen MR) is 96.8 cm³/mol. The first-order valence-electron chi connectivity index (χ1n) is 8.21. The van der Waals surface area contributed by atoms with Gasteiger partial charge in [0.05, 0.1) is 5.52 Å². The maximum Gasteiger partial charge on any atom is 0.0711 e. The lowest BCUT2D eigenvalue weighted by atomic mass is 9.81. The molecule has 0 spiro atoms. The Morgan fingerprint density at radius 1 is 0.783 bits per heavy atom. The van der Waals surface area contributed by atoms with Crippen molar-refractivity contribution in [2.24, 2.45) is 0 Å². The third kappa shape index (κ3) is 1.77. The molecule has 1 heterocycles. The van der Waals surface area contributed by atoms with Crippen LogP contribution in [0.1, 0.15) is 16.7 Å². The van der Waals surface area contributed by atoms with Gasteiger partial charge >= 0.3 is 0 Å². The van der Waals surface area contributed by atoms with Crippen LogP contribution in [0, 0.1) is 6.92 Å². The van der Waals surface area contributed by atoms with Gasteiger partial charge in [-0.05, 0) is 64.4 Å². The highest BCUT2D eigenvalue weighted by Gasteiger charge is 2.21.